The number of aliphatic carboxylic acids is 1. The summed E-state index contributed by atoms with van der Waals surface area (Å²) in [5.41, 5.74) is 1.39. The van der Waals surface area contributed by atoms with Crippen LogP contribution < -0.4 is 10.5 Å². The summed E-state index contributed by atoms with van der Waals surface area (Å²) in [5, 5.41) is 9.75. The lowest BCUT2D eigenvalue weighted by Crippen LogP contribution is -2.66. The fourth-order valence-electron chi connectivity index (χ4n) is 7.55. The molecule has 1 aromatic heterocycles. The van der Waals surface area contributed by atoms with Crippen molar-refractivity contribution in [3.8, 4) is 0 Å². The average molecular weight is 495 g/mol. The lowest BCUT2D eigenvalue weighted by Gasteiger charge is -2.45. The number of benzene rings is 1. The minimum atomic E-state index is -0.990. The standard InChI is InChI=1S/C28H38N4O4/c1-36-24-17-31(25(24)28(34)35)26-27(33)32(23-9-5-4-8-22(23)29-26)20-10-12-30(13-11-20)21-15-18-6-2-3-7-19(14-18)16-21/h4-5,8-9,18-21,24-25H,2-3,6-7,10-17H2,1H3,(H,34,35)/t18-,19+,21?,24-,25-/m0/s1. The summed E-state index contributed by atoms with van der Waals surface area (Å²) in [5.74, 6) is 1.04. The van der Waals surface area contributed by atoms with Crippen molar-refractivity contribution in [2.45, 2.75) is 82.0 Å². The molecule has 2 bridgehead atoms. The maximum absolute atomic E-state index is 13.8. The molecule has 8 heteroatoms. The van der Waals surface area contributed by atoms with Crippen LogP contribution in [-0.2, 0) is 9.53 Å². The summed E-state index contributed by atoms with van der Waals surface area (Å²) >= 11 is 0. The number of hydrogen-bond donors (Lipinski definition) is 1. The van der Waals surface area contributed by atoms with Crippen LogP contribution in [0, 0.1) is 11.8 Å². The van der Waals surface area contributed by atoms with Gasteiger partial charge in [-0.25, -0.2) is 9.78 Å². The number of fused-ring (bicyclic) bond motifs is 3. The van der Waals surface area contributed by atoms with Crippen LogP contribution in [0.1, 0.15) is 63.8 Å². The molecule has 6 rings (SSSR count). The molecule has 3 heterocycles. The topological polar surface area (TPSA) is 87.9 Å². The van der Waals surface area contributed by atoms with Crippen LogP contribution in [0.25, 0.3) is 11.0 Å². The molecular formula is C28H38N4O4. The fourth-order valence-corrected chi connectivity index (χ4v) is 7.55. The average Bonchev–Trinajstić information content (AvgIpc) is 3.03. The number of nitrogens with zero attached hydrogens (tertiary/aromatic N) is 4. The van der Waals surface area contributed by atoms with Gasteiger partial charge >= 0.3 is 5.97 Å². The van der Waals surface area contributed by atoms with Crippen LogP contribution in [0.15, 0.2) is 29.1 Å². The predicted octanol–water partition coefficient (Wildman–Crippen LogP) is 3.68. The van der Waals surface area contributed by atoms with Gasteiger partial charge in [0.15, 0.2) is 11.9 Å². The maximum atomic E-state index is 13.8. The van der Waals surface area contributed by atoms with Gasteiger partial charge in [-0.3, -0.25) is 4.79 Å². The number of hydrogen-bond acceptors (Lipinski definition) is 6. The summed E-state index contributed by atoms with van der Waals surface area (Å²) in [7, 11) is 1.51. The van der Waals surface area contributed by atoms with Gasteiger partial charge < -0.3 is 24.2 Å². The molecule has 2 saturated carbocycles. The van der Waals surface area contributed by atoms with Crippen molar-refractivity contribution in [2.24, 2.45) is 11.8 Å². The monoisotopic (exact) mass is 494 g/mol. The molecule has 194 valence electrons. The van der Waals surface area contributed by atoms with Gasteiger partial charge in [-0.05, 0) is 56.1 Å². The van der Waals surface area contributed by atoms with Crippen LogP contribution in [0.4, 0.5) is 5.82 Å². The van der Waals surface area contributed by atoms with Crippen molar-refractivity contribution in [1.82, 2.24) is 14.5 Å². The number of anilines is 1. The Hall–Kier alpha value is -2.45. The van der Waals surface area contributed by atoms with Crippen LogP contribution in [0.3, 0.4) is 0 Å². The van der Waals surface area contributed by atoms with E-state index >= 15 is 0 Å². The number of piperidine rings is 1. The lowest BCUT2D eigenvalue weighted by molar-refractivity contribution is -0.145. The van der Waals surface area contributed by atoms with E-state index in [0.29, 0.717) is 12.6 Å². The number of carboxylic acids is 1. The Balaban J connectivity index is 1.25. The van der Waals surface area contributed by atoms with Crippen LogP contribution in [0.5, 0.6) is 0 Å². The van der Waals surface area contributed by atoms with Crippen molar-refractivity contribution in [3.63, 3.8) is 0 Å². The Kier molecular flexibility index (Phi) is 6.50. The number of methoxy groups -OCH3 is 1. The quantitative estimate of drug-likeness (QED) is 0.678. The summed E-state index contributed by atoms with van der Waals surface area (Å²) < 4.78 is 7.24. The van der Waals surface area contributed by atoms with Gasteiger partial charge in [0.1, 0.15) is 6.10 Å². The maximum Gasteiger partial charge on any atom is 0.329 e. The van der Waals surface area contributed by atoms with Gasteiger partial charge in [0.25, 0.3) is 5.56 Å². The highest BCUT2D eigenvalue weighted by molar-refractivity contribution is 5.83. The first-order chi connectivity index (χ1) is 17.5. The minimum absolute atomic E-state index is 0.0917. The number of para-hydroxylation sites is 2. The first-order valence-electron chi connectivity index (χ1n) is 13.8. The molecular weight excluding hydrogens is 456 g/mol. The lowest BCUT2D eigenvalue weighted by atomic mass is 9.77. The van der Waals surface area contributed by atoms with E-state index < -0.39 is 18.1 Å². The molecule has 2 aromatic rings. The number of aromatic nitrogens is 2. The fraction of sp³-hybridized carbons (Fsp3) is 0.679. The highest BCUT2D eigenvalue weighted by Crippen LogP contribution is 2.41. The zero-order valence-corrected chi connectivity index (χ0v) is 21.2. The van der Waals surface area contributed by atoms with Crippen LogP contribution in [-0.4, -0.2) is 70.5 Å². The smallest absolute Gasteiger partial charge is 0.329 e. The van der Waals surface area contributed by atoms with E-state index in [4.69, 9.17) is 4.74 Å². The first-order valence-corrected chi connectivity index (χ1v) is 13.8. The van der Waals surface area contributed by atoms with E-state index in [1.54, 1.807) is 4.90 Å². The van der Waals surface area contributed by atoms with E-state index in [1.807, 2.05) is 28.8 Å². The Morgan fingerprint density at radius 1 is 1.00 bits per heavy atom. The second-order valence-corrected chi connectivity index (χ2v) is 11.5. The second kappa shape index (κ2) is 9.78. The second-order valence-electron chi connectivity index (χ2n) is 11.5. The molecule has 36 heavy (non-hydrogen) atoms. The molecule has 2 aliphatic heterocycles. The molecule has 1 aromatic carbocycles. The van der Waals surface area contributed by atoms with Gasteiger partial charge in [0, 0.05) is 38.8 Å². The Bertz CT molecular complexity index is 1160. The zero-order chi connectivity index (χ0) is 24.8. The third kappa shape index (κ3) is 4.22. The zero-order valence-electron chi connectivity index (χ0n) is 21.2. The normalized spacial score (nSPS) is 31.7. The first kappa shape index (κ1) is 23.9. The number of ether oxygens (including phenoxy) is 1. The Labute approximate surface area is 212 Å². The molecule has 0 spiro atoms. The molecule has 5 atom stereocenters. The van der Waals surface area contributed by atoms with Gasteiger partial charge in [-0.1, -0.05) is 37.8 Å². The van der Waals surface area contributed by atoms with Crippen molar-refractivity contribution < 1.29 is 14.6 Å². The molecule has 4 aliphatic rings. The number of rotatable bonds is 5. The third-order valence-electron chi connectivity index (χ3n) is 9.40. The number of carboxylic acid groups (broad SMARTS) is 1. The molecule has 8 nitrogen and oxygen atoms in total. The van der Waals surface area contributed by atoms with Crippen molar-refractivity contribution in [1.29, 1.82) is 0 Å². The molecule has 0 radical (unpaired) electrons. The number of carbonyl (C=O) groups is 1. The summed E-state index contributed by atoms with van der Waals surface area (Å²) in [6, 6.07) is 7.64. The van der Waals surface area contributed by atoms with E-state index in [2.05, 4.69) is 9.88 Å². The van der Waals surface area contributed by atoms with E-state index in [9.17, 15) is 14.7 Å². The van der Waals surface area contributed by atoms with Crippen molar-refractivity contribution in [2.75, 3.05) is 31.6 Å². The minimum Gasteiger partial charge on any atom is -0.480 e. The number of likely N-dealkylation sites (tertiary alicyclic amines) is 1. The van der Waals surface area contributed by atoms with Gasteiger partial charge in [-0.15, -0.1) is 0 Å². The molecule has 2 aliphatic carbocycles. The van der Waals surface area contributed by atoms with Gasteiger partial charge in [0.2, 0.25) is 0 Å². The van der Waals surface area contributed by atoms with Gasteiger partial charge in [-0.2, -0.15) is 0 Å². The van der Waals surface area contributed by atoms with E-state index in [-0.39, 0.29) is 17.4 Å². The molecule has 2 saturated heterocycles. The summed E-state index contributed by atoms with van der Waals surface area (Å²) in [6.45, 7) is 2.39. The van der Waals surface area contributed by atoms with Crippen LogP contribution >= 0.6 is 0 Å². The van der Waals surface area contributed by atoms with E-state index in [1.165, 1.54) is 52.1 Å². The Morgan fingerprint density at radius 2 is 1.69 bits per heavy atom. The van der Waals surface area contributed by atoms with Crippen LogP contribution in [0.2, 0.25) is 0 Å². The highest BCUT2D eigenvalue weighted by Gasteiger charge is 2.47. The molecule has 0 amide bonds. The van der Waals surface area contributed by atoms with Gasteiger partial charge in [0.05, 0.1) is 11.0 Å². The molecule has 4 fully saturated rings. The van der Waals surface area contributed by atoms with Crippen molar-refractivity contribution >= 4 is 22.8 Å². The molecule has 1 unspecified atom stereocenters. The summed E-state index contributed by atoms with van der Waals surface area (Å²) in [6.07, 6.45) is 11.2. The summed E-state index contributed by atoms with van der Waals surface area (Å²) in [4.78, 5) is 34.7. The van der Waals surface area contributed by atoms with E-state index in [0.717, 1.165) is 48.8 Å². The van der Waals surface area contributed by atoms with Crippen molar-refractivity contribution in [3.05, 3.63) is 34.6 Å². The molecule has 1 N–H and O–H groups in total. The largest absolute Gasteiger partial charge is 0.480 e. The highest BCUT2D eigenvalue weighted by atomic mass is 16.5. The Morgan fingerprint density at radius 3 is 2.36 bits per heavy atom. The third-order valence-corrected chi connectivity index (χ3v) is 9.40. The predicted molar refractivity (Wildman–Crippen MR) is 139 cm³/mol. The SMILES string of the molecule is CO[C@H]1CN(c2nc3ccccc3n(C3CCN(C4C[C@H]5CCCC[C@@H](C4)C5)CC3)c2=O)[C@@H]1C(=O)O.